The molecule has 4 aromatic heterocycles. The summed E-state index contributed by atoms with van der Waals surface area (Å²) >= 11 is 2.61. The van der Waals surface area contributed by atoms with Gasteiger partial charge in [-0.2, -0.15) is 10.2 Å². The van der Waals surface area contributed by atoms with Gasteiger partial charge in [0.1, 0.15) is 46.7 Å². The highest BCUT2D eigenvalue weighted by Gasteiger charge is 2.18. The van der Waals surface area contributed by atoms with Crippen LogP contribution in [0.5, 0.6) is 0 Å². The molecule has 4 rings (SSSR count). The van der Waals surface area contributed by atoms with Crippen molar-refractivity contribution in [1.82, 2.24) is 19.9 Å². The van der Waals surface area contributed by atoms with Crippen LogP contribution in [0.4, 0.5) is 0 Å². The lowest BCUT2D eigenvalue weighted by molar-refractivity contribution is -0.138. The van der Waals surface area contributed by atoms with Crippen LogP contribution in [0.15, 0.2) is 32.1 Å². The summed E-state index contributed by atoms with van der Waals surface area (Å²) in [5, 5.41) is 22.3. The summed E-state index contributed by atoms with van der Waals surface area (Å²) in [4.78, 5) is 28.0. The van der Waals surface area contributed by atoms with Crippen molar-refractivity contribution in [2.45, 2.75) is 12.5 Å². The Morgan fingerprint density at radius 1 is 1.11 bits per heavy atom. The Morgan fingerprint density at radius 3 is 2.57 bits per heavy atom. The van der Waals surface area contributed by atoms with Crippen molar-refractivity contribution in [1.29, 1.82) is 5.26 Å². The fourth-order valence-corrected chi connectivity index (χ4v) is 3.77. The minimum atomic E-state index is -1.08. The molecule has 4 aromatic rings. The first-order chi connectivity index (χ1) is 13.5. The molecule has 0 saturated heterocycles. The molecule has 3 N–H and O–H groups in total. The average Bonchev–Trinajstić information content (AvgIpc) is 3.46. The molecule has 10 nitrogen and oxygen atoms in total. The zero-order chi connectivity index (χ0) is 19.7. The van der Waals surface area contributed by atoms with E-state index >= 15 is 0 Å². The molecular formula is C16H10N6O4S2. The second-order valence-corrected chi connectivity index (χ2v) is 7.30. The Labute approximate surface area is 164 Å². The Bertz CT molecular complexity index is 1180. The van der Waals surface area contributed by atoms with Crippen LogP contribution in [-0.4, -0.2) is 37.1 Å². The summed E-state index contributed by atoms with van der Waals surface area (Å²) in [6.07, 6.45) is 2.85. The number of aliphatic carboxylic acids is 1. The van der Waals surface area contributed by atoms with Gasteiger partial charge in [-0.25, -0.2) is 15.0 Å². The Balaban J connectivity index is 1.53. The maximum Gasteiger partial charge on any atom is 0.320 e. The van der Waals surface area contributed by atoms with Gasteiger partial charge in [0.05, 0.1) is 5.01 Å². The molecule has 0 unspecified atom stereocenters. The molecule has 0 spiro atoms. The number of nitrogens with two attached hydrogens (primary N) is 1. The number of rotatable bonds is 6. The maximum atomic E-state index is 10.9. The van der Waals surface area contributed by atoms with Gasteiger partial charge in [0.2, 0.25) is 11.8 Å². The van der Waals surface area contributed by atoms with Crippen LogP contribution in [0.25, 0.3) is 33.9 Å². The zero-order valence-corrected chi connectivity index (χ0v) is 15.5. The highest BCUT2D eigenvalue weighted by atomic mass is 32.1. The molecule has 140 valence electrons. The first-order valence-corrected chi connectivity index (χ1v) is 9.50. The highest BCUT2D eigenvalue weighted by Crippen LogP contribution is 2.30. The van der Waals surface area contributed by atoms with Crippen LogP contribution < -0.4 is 5.73 Å². The van der Waals surface area contributed by atoms with Crippen LogP contribution in [-0.2, 0) is 11.2 Å². The van der Waals surface area contributed by atoms with E-state index < -0.39 is 12.0 Å². The summed E-state index contributed by atoms with van der Waals surface area (Å²) < 4.78 is 10.7. The number of nitrogens with zero attached hydrogens (tertiary/aromatic N) is 5. The zero-order valence-electron chi connectivity index (χ0n) is 13.9. The number of thiazole rings is 2. The quantitative estimate of drug-likeness (QED) is 0.478. The van der Waals surface area contributed by atoms with Gasteiger partial charge in [-0.1, -0.05) is 0 Å². The van der Waals surface area contributed by atoms with Crippen LogP contribution in [0.2, 0.25) is 0 Å². The van der Waals surface area contributed by atoms with Crippen molar-refractivity contribution in [2.75, 3.05) is 0 Å². The van der Waals surface area contributed by atoms with Gasteiger partial charge in [-0.3, -0.25) is 4.79 Å². The van der Waals surface area contributed by atoms with Crippen molar-refractivity contribution in [3.8, 4) is 39.9 Å². The van der Waals surface area contributed by atoms with Gasteiger partial charge in [0.25, 0.3) is 0 Å². The van der Waals surface area contributed by atoms with Crippen molar-refractivity contribution in [3.63, 3.8) is 0 Å². The van der Waals surface area contributed by atoms with Gasteiger partial charge in [0, 0.05) is 17.2 Å². The predicted octanol–water partition coefficient (Wildman–Crippen LogP) is 2.40. The Kier molecular flexibility index (Phi) is 4.70. The Hall–Kier alpha value is -3.40. The van der Waals surface area contributed by atoms with Crippen molar-refractivity contribution in [2.24, 2.45) is 5.73 Å². The summed E-state index contributed by atoms with van der Waals surface area (Å²) in [5.74, 6) is -0.537. The molecule has 4 heterocycles. The maximum absolute atomic E-state index is 10.9. The molecule has 0 fully saturated rings. The highest BCUT2D eigenvalue weighted by molar-refractivity contribution is 7.13. The lowest BCUT2D eigenvalue weighted by Crippen LogP contribution is -2.32. The van der Waals surface area contributed by atoms with E-state index in [1.165, 1.54) is 35.2 Å². The van der Waals surface area contributed by atoms with Crippen molar-refractivity contribution < 1.29 is 18.7 Å². The van der Waals surface area contributed by atoms with Crippen molar-refractivity contribution in [3.05, 3.63) is 34.0 Å². The van der Waals surface area contributed by atoms with Gasteiger partial charge in [-0.15, -0.1) is 22.7 Å². The fraction of sp³-hybridized carbons (Fsp3) is 0.125. The number of hydrogen-bond acceptors (Lipinski definition) is 11. The SMILES string of the molecule is N#Cc1coc(-c2csc(-c3coc(-c4csc(C[C@H](N)C(=O)O)n4)n3)n2)n1. The summed E-state index contributed by atoms with van der Waals surface area (Å²) in [6.45, 7) is 0. The van der Waals surface area contributed by atoms with Gasteiger partial charge >= 0.3 is 5.97 Å². The van der Waals surface area contributed by atoms with Crippen LogP contribution in [0.3, 0.4) is 0 Å². The minimum absolute atomic E-state index is 0.129. The van der Waals surface area contributed by atoms with Crippen LogP contribution in [0, 0.1) is 11.3 Å². The third kappa shape index (κ3) is 3.54. The number of nitriles is 1. The fourth-order valence-electron chi connectivity index (χ4n) is 2.20. The summed E-state index contributed by atoms with van der Waals surface area (Å²) in [7, 11) is 0. The van der Waals surface area contributed by atoms with E-state index in [2.05, 4.69) is 19.9 Å². The molecule has 0 amide bonds. The molecule has 0 aliphatic heterocycles. The molecule has 0 radical (unpaired) electrons. The van der Waals surface area contributed by atoms with E-state index in [0.717, 1.165) is 0 Å². The van der Waals surface area contributed by atoms with Crippen LogP contribution >= 0.6 is 22.7 Å². The molecule has 1 atom stereocenters. The average molecular weight is 414 g/mol. The standard InChI is InChI=1S/C16H10N6O4S2/c17-2-7-3-25-13(19-7)11-6-28-15(22-11)9-4-26-14(21-9)10-5-27-12(20-10)1-8(18)16(23)24/h3-6,8H,1,18H2,(H,23,24)/t8-/m0/s1. The summed E-state index contributed by atoms with van der Waals surface area (Å²) in [6, 6.07) is 0.884. The van der Waals surface area contributed by atoms with E-state index in [4.69, 9.17) is 24.9 Å². The number of oxazole rings is 2. The van der Waals surface area contributed by atoms with E-state index in [9.17, 15) is 4.79 Å². The van der Waals surface area contributed by atoms with Gasteiger partial charge < -0.3 is 19.7 Å². The minimum Gasteiger partial charge on any atom is -0.480 e. The number of carboxylic acids is 1. The first-order valence-electron chi connectivity index (χ1n) is 7.74. The number of aromatic nitrogens is 4. The monoisotopic (exact) mass is 414 g/mol. The second kappa shape index (κ2) is 7.31. The van der Waals surface area contributed by atoms with E-state index in [0.29, 0.717) is 33.0 Å². The van der Waals surface area contributed by atoms with Crippen LogP contribution in [0.1, 0.15) is 10.7 Å². The van der Waals surface area contributed by atoms with Gasteiger partial charge in [0.15, 0.2) is 5.69 Å². The number of carboxylic acid groups (broad SMARTS) is 1. The van der Waals surface area contributed by atoms with E-state index in [1.807, 2.05) is 6.07 Å². The summed E-state index contributed by atoms with van der Waals surface area (Å²) in [5.41, 5.74) is 7.20. The van der Waals surface area contributed by atoms with Gasteiger partial charge in [-0.05, 0) is 0 Å². The molecule has 0 saturated carbocycles. The smallest absolute Gasteiger partial charge is 0.320 e. The lowest BCUT2D eigenvalue weighted by Gasteiger charge is -2.01. The third-order valence-corrected chi connectivity index (χ3v) is 5.28. The Morgan fingerprint density at radius 2 is 1.82 bits per heavy atom. The molecule has 12 heteroatoms. The number of carbonyl (C=O) groups is 1. The predicted molar refractivity (Wildman–Crippen MR) is 98.2 cm³/mol. The molecule has 0 aliphatic carbocycles. The molecule has 0 aromatic carbocycles. The van der Waals surface area contributed by atoms with E-state index in [-0.39, 0.29) is 18.0 Å². The molecular weight excluding hydrogens is 404 g/mol. The lowest BCUT2D eigenvalue weighted by atomic mass is 10.2. The second-order valence-electron chi connectivity index (χ2n) is 5.50. The number of hydrogen-bond donors (Lipinski definition) is 2. The first kappa shape index (κ1) is 18.0. The normalized spacial score (nSPS) is 12.0. The third-order valence-electron chi connectivity index (χ3n) is 3.55. The van der Waals surface area contributed by atoms with Crippen molar-refractivity contribution >= 4 is 28.6 Å². The van der Waals surface area contributed by atoms with E-state index in [1.54, 1.807) is 10.8 Å². The molecule has 28 heavy (non-hydrogen) atoms. The topological polar surface area (TPSA) is 165 Å². The molecule has 0 aliphatic rings. The largest absolute Gasteiger partial charge is 0.480 e. The molecule has 0 bridgehead atoms.